The number of aryl methyl sites for hydroxylation is 2. The number of carboxylic acid groups (broad SMARTS) is 1. The largest absolute Gasteiger partial charge is 0.493 e. The van der Waals surface area contributed by atoms with Crippen molar-refractivity contribution in [2.24, 2.45) is 5.92 Å². The lowest BCUT2D eigenvalue weighted by Crippen LogP contribution is -2.35. The molecule has 1 aliphatic carbocycles. The number of hydrogen-bond acceptors (Lipinski definition) is 5. The Bertz CT molecular complexity index is 951. The fourth-order valence-corrected chi connectivity index (χ4v) is 4.91. The van der Waals surface area contributed by atoms with Gasteiger partial charge in [-0.05, 0) is 87.2 Å². The number of aromatic nitrogens is 1. The highest BCUT2D eigenvalue weighted by Crippen LogP contribution is 2.37. The number of nitrogens with one attached hydrogen (secondary N) is 1. The molecule has 4 rings (SSSR count). The van der Waals surface area contributed by atoms with Crippen LogP contribution >= 0.6 is 0 Å². The summed E-state index contributed by atoms with van der Waals surface area (Å²) in [7, 11) is 0. The lowest BCUT2D eigenvalue weighted by atomic mass is 10.0. The number of nitrogens with zero attached hydrogens (tertiary/aromatic N) is 2. The van der Waals surface area contributed by atoms with Gasteiger partial charge < -0.3 is 20.1 Å². The minimum atomic E-state index is -0.838. The molecule has 0 radical (unpaired) electrons. The zero-order valence-corrected chi connectivity index (χ0v) is 19.0. The molecule has 31 heavy (non-hydrogen) atoms. The summed E-state index contributed by atoms with van der Waals surface area (Å²) in [5, 5.41) is 14.0. The van der Waals surface area contributed by atoms with Crippen molar-refractivity contribution in [1.29, 1.82) is 0 Å². The molecule has 1 saturated heterocycles. The number of pyridine rings is 1. The summed E-state index contributed by atoms with van der Waals surface area (Å²) in [5.41, 5.74) is 4.51. The van der Waals surface area contributed by atoms with Crippen LogP contribution in [0.4, 0.5) is 5.82 Å². The lowest BCUT2D eigenvalue weighted by molar-refractivity contribution is -0.138. The first-order valence-corrected chi connectivity index (χ1v) is 11.7. The second kappa shape index (κ2) is 9.43. The summed E-state index contributed by atoms with van der Waals surface area (Å²) < 4.78 is 6.14. The number of rotatable bonds is 9. The van der Waals surface area contributed by atoms with Crippen molar-refractivity contribution in [3.05, 3.63) is 28.8 Å². The van der Waals surface area contributed by atoms with Crippen LogP contribution in [-0.4, -0.2) is 53.2 Å². The van der Waals surface area contributed by atoms with Gasteiger partial charge in [0, 0.05) is 18.0 Å². The van der Waals surface area contributed by atoms with E-state index in [-0.39, 0.29) is 5.92 Å². The van der Waals surface area contributed by atoms with Crippen molar-refractivity contribution >= 4 is 22.7 Å². The molecule has 0 spiro atoms. The van der Waals surface area contributed by atoms with Crippen LogP contribution in [0.25, 0.3) is 10.9 Å². The fourth-order valence-electron chi connectivity index (χ4n) is 4.91. The molecule has 2 heterocycles. The number of aliphatic carboxylic acids is 1. The Balaban J connectivity index is 1.57. The van der Waals surface area contributed by atoms with Gasteiger partial charge in [-0.15, -0.1) is 0 Å². The van der Waals surface area contributed by atoms with E-state index >= 15 is 0 Å². The molecular weight excluding hydrogens is 390 g/mol. The Kier molecular flexibility index (Phi) is 6.65. The molecule has 6 heteroatoms. The van der Waals surface area contributed by atoms with Gasteiger partial charge in [-0.3, -0.25) is 0 Å². The number of anilines is 1. The van der Waals surface area contributed by atoms with Crippen LogP contribution in [0, 0.1) is 12.8 Å². The summed E-state index contributed by atoms with van der Waals surface area (Å²) >= 11 is 0. The van der Waals surface area contributed by atoms with Crippen LogP contribution in [0.5, 0.6) is 5.75 Å². The molecule has 2 N–H and O–H groups in total. The third kappa shape index (κ3) is 4.79. The smallest absolute Gasteiger partial charge is 0.326 e. The van der Waals surface area contributed by atoms with Crippen LogP contribution in [0.3, 0.4) is 0 Å². The minimum absolute atomic E-state index is 0.0282. The highest BCUT2D eigenvalue weighted by Gasteiger charge is 2.26. The van der Waals surface area contributed by atoms with Gasteiger partial charge in [-0.2, -0.15) is 0 Å². The van der Waals surface area contributed by atoms with Crippen LogP contribution in [0.15, 0.2) is 12.1 Å². The summed E-state index contributed by atoms with van der Waals surface area (Å²) in [6.07, 6.45) is 6.69. The number of fused-ring (bicyclic) bond motifs is 3. The molecule has 1 fully saturated rings. The highest BCUT2D eigenvalue weighted by atomic mass is 16.5. The monoisotopic (exact) mass is 425 g/mol. The Hall–Kier alpha value is -2.34. The molecule has 0 bridgehead atoms. The van der Waals surface area contributed by atoms with E-state index in [9.17, 15) is 9.90 Å². The SMILES string of the molecule is Cc1cc2c3c(c(NC(C(=O)O)C(C)C)nc2cc1OCCCN1CCCC1)CCC3. The predicted molar refractivity (Wildman–Crippen MR) is 124 cm³/mol. The third-order valence-corrected chi connectivity index (χ3v) is 6.65. The van der Waals surface area contributed by atoms with Gasteiger partial charge in [0.1, 0.15) is 17.6 Å². The number of ether oxygens (including phenoxy) is 1. The van der Waals surface area contributed by atoms with E-state index in [0.717, 1.165) is 54.9 Å². The molecule has 1 aliphatic heterocycles. The summed E-state index contributed by atoms with van der Waals surface area (Å²) in [6.45, 7) is 10.2. The van der Waals surface area contributed by atoms with Gasteiger partial charge in [-0.1, -0.05) is 13.8 Å². The molecule has 2 aliphatic rings. The van der Waals surface area contributed by atoms with Gasteiger partial charge in [0.2, 0.25) is 0 Å². The molecule has 1 atom stereocenters. The quantitative estimate of drug-likeness (QED) is 0.580. The first-order valence-electron chi connectivity index (χ1n) is 11.7. The van der Waals surface area contributed by atoms with Gasteiger partial charge >= 0.3 is 5.97 Å². The molecular formula is C25H35N3O3. The second-order valence-corrected chi connectivity index (χ2v) is 9.36. The Morgan fingerprint density at radius 2 is 1.94 bits per heavy atom. The standard InChI is InChI=1S/C25H35N3O3/c1-16(2)23(25(29)30)27-24-19-9-6-8-18(19)20-14-17(3)22(15-21(20)26-24)31-13-7-12-28-10-4-5-11-28/h14-16,23H,4-13H2,1-3H3,(H,26,27)(H,29,30). The summed E-state index contributed by atoms with van der Waals surface area (Å²) in [5.74, 6) is 0.739. The molecule has 1 unspecified atom stereocenters. The maximum Gasteiger partial charge on any atom is 0.326 e. The Morgan fingerprint density at radius 1 is 1.19 bits per heavy atom. The van der Waals surface area contributed by atoms with Gasteiger partial charge in [-0.25, -0.2) is 9.78 Å². The van der Waals surface area contributed by atoms with Crippen LogP contribution in [0.2, 0.25) is 0 Å². The Morgan fingerprint density at radius 3 is 2.65 bits per heavy atom. The lowest BCUT2D eigenvalue weighted by Gasteiger charge is -2.21. The van der Waals surface area contributed by atoms with Gasteiger partial charge in [0.25, 0.3) is 0 Å². The van der Waals surface area contributed by atoms with Crippen LogP contribution in [0.1, 0.15) is 56.2 Å². The fraction of sp³-hybridized carbons (Fsp3) is 0.600. The molecule has 0 saturated carbocycles. The van der Waals surface area contributed by atoms with Gasteiger partial charge in [0.15, 0.2) is 0 Å². The zero-order chi connectivity index (χ0) is 22.0. The van der Waals surface area contributed by atoms with E-state index in [4.69, 9.17) is 9.72 Å². The number of carbonyl (C=O) groups is 1. The number of likely N-dealkylation sites (tertiary alicyclic amines) is 1. The second-order valence-electron chi connectivity index (χ2n) is 9.36. The van der Waals surface area contributed by atoms with Crippen molar-refractivity contribution in [3.63, 3.8) is 0 Å². The molecule has 168 valence electrons. The van der Waals surface area contributed by atoms with E-state index in [1.807, 2.05) is 19.9 Å². The number of hydrogen-bond donors (Lipinski definition) is 2. The van der Waals surface area contributed by atoms with E-state index in [1.165, 1.54) is 42.4 Å². The van der Waals surface area contributed by atoms with Crippen molar-refractivity contribution < 1.29 is 14.6 Å². The van der Waals surface area contributed by atoms with Crippen molar-refractivity contribution in [2.45, 2.75) is 65.3 Å². The van der Waals surface area contributed by atoms with Gasteiger partial charge in [0.05, 0.1) is 12.1 Å². The summed E-state index contributed by atoms with van der Waals surface area (Å²) in [6, 6.07) is 3.58. The van der Waals surface area contributed by atoms with E-state index in [2.05, 4.69) is 23.2 Å². The van der Waals surface area contributed by atoms with E-state index in [0.29, 0.717) is 6.61 Å². The van der Waals surface area contributed by atoms with Crippen LogP contribution < -0.4 is 10.1 Å². The molecule has 1 aromatic heterocycles. The topological polar surface area (TPSA) is 74.7 Å². The van der Waals surface area contributed by atoms with Crippen molar-refractivity contribution in [1.82, 2.24) is 9.88 Å². The average molecular weight is 426 g/mol. The predicted octanol–water partition coefficient (Wildman–Crippen LogP) is 4.42. The zero-order valence-electron chi connectivity index (χ0n) is 19.0. The molecule has 6 nitrogen and oxygen atoms in total. The molecule has 1 aromatic carbocycles. The van der Waals surface area contributed by atoms with Crippen molar-refractivity contribution in [3.8, 4) is 5.75 Å². The van der Waals surface area contributed by atoms with Crippen molar-refractivity contribution in [2.75, 3.05) is 31.6 Å². The third-order valence-electron chi connectivity index (χ3n) is 6.65. The first kappa shape index (κ1) is 21.9. The van der Waals surface area contributed by atoms with E-state index < -0.39 is 12.0 Å². The normalized spacial score (nSPS) is 17.3. The highest BCUT2D eigenvalue weighted by molar-refractivity contribution is 5.89. The average Bonchev–Trinajstić information content (AvgIpc) is 3.41. The maximum atomic E-state index is 11.7. The molecule has 0 amide bonds. The summed E-state index contributed by atoms with van der Waals surface area (Å²) in [4.78, 5) is 19.1. The maximum absolute atomic E-state index is 11.7. The van der Waals surface area contributed by atoms with E-state index in [1.54, 1.807) is 0 Å². The number of benzene rings is 1. The molecule has 2 aromatic rings. The minimum Gasteiger partial charge on any atom is -0.493 e. The Labute approximate surface area is 185 Å². The number of carboxylic acids is 1. The van der Waals surface area contributed by atoms with Crippen LogP contribution in [-0.2, 0) is 17.6 Å². The first-order chi connectivity index (χ1) is 14.9.